The van der Waals surface area contributed by atoms with Gasteiger partial charge in [0.1, 0.15) is 11.5 Å². The van der Waals surface area contributed by atoms with E-state index in [-0.39, 0.29) is 12.0 Å². The summed E-state index contributed by atoms with van der Waals surface area (Å²) in [5, 5.41) is 6.99. The second-order valence-corrected chi connectivity index (χ2v) is 11.2. The number of hydrogen-bond donors (Lipinski definition) is 2. The molecule has 1 heterocycles. The summed E-state index contributed by atoms with van der Waals surface area (Å²) < 4.78 is 12.4. The first-order valence-electron chi connectivity index (χ1n) is 15.7. The summed E-state index contributed by atoms with van der Waals surface area (Å²) in [5.74, 6) is 1.34. The molecule has 0 amide bonds. The molecule has 2 N–H and O–H groups in total. The molecule has 41 heavy (non-hydrogen) atoms. The first-order chi connectivity index (χ1) is 20.0. The van der Waals surface area contributed by atoms with Crippen LogP contribution >= 0.6 is 0 Å². The Morgan fingerprint density at radius 1 is 0.902 bits per heavy atom. The molecule has 0 fully saturated rings. The fraction of sp³-hybridized carbons (Fsp3) is 0.472. The average Bonchev–Trinajstić information content (AvgIpc) is 2.96. The lowest BCUT2D eigenvalue weighted by molar-refractivity contribution is 0.0497. The number of nitrogens with one attached hydrogen (secondary N) is 2. The van der Waals surface area contributed by atoms with Crippen LogP contribution in [0.2, 0.25) is 0 Å². The summed E-state index contributed by atoms with van der Waals surface area (Å²) in [6, 6.07) is 12.2. The van der Waals surface area contributed by atoms with Crippen LogP contribution in [0, 0.1) is 6.92 Å². The smallest absolute Gasteiger partial charge is 0.338 e. The van der Waals surface area contributed by atoms with Crippen molar-refractivity contribution in [2.45, 2.75) is 92.0 Å². The van der Waals surface area contributed by atoms with Gasteiger partial charge in [0, 0.05) is 35.0 Å². The second-order valence-electron chi connectivity index (χ2n) is 11.2. The summed E-state index contributed by atoms with van der Waals surface area (Å²) in [6.07, 6.45) is 14.1. The standard InChI is InChI=1S/C36H48N2O3/c1-6-9-10-11-12-13-14-17-20-40-36(39)28-19-16-15-18-27(28)35-29-21-25(4)31(37-7-2)23-33(29)41-34-24-32(38-8-3)26(5)22-30(34)35/h15-16,18-19,21-24,31,37-38H,6-14,17,20H2,1-5H3. The monoisotopic (exact) mass is 556 g/mol. The number of rotatable bonds is 15. The van der Waals surface area contributed by atoms with E-state index in [9.17, 15) is 4.79 Å². The van der Waals surface area contributed by atoms with Gasteiger partial charge < -0.3 is 20.1 Å². The van der Waals surface area contributed by atoms with Crippen molar-refractivity contribution in [2.75, 3.05) is 25.0 Å². The van der Waals surface area contributed by atoms with E-state index in [0.29, 0.717) is 12.2 Å². The molecule has 0 radical (unpaired) electrons. The fourth-order valence-electron chi connectivity index (χ4n) is 5.75. The number of esters is 1. The molecule has 4 rings (SSSR count). The molecule has 5 heteroatoms. The Bertz CT molecular complexity index is 1300. The first kappa shape index (κ1) is 30.6. The lowest BCUT2D eigenvalue weighted by atomic mass is 9.83. The second kappa shape index (κ2) is 15.1. The number of ether oxygens (including phenoxy) is 2. The summed E-state index contributed by atoms with van der Waals surface area (Å²) >= 11 is 0. The minimum atomic E-state index is -0.266. The number of hydrogen-bond acceptors (Lipinski definition) is 5. The maximum atomic E-state index is 13.5. The van der Waals surface area contributed by atoms with Gasteiger partial charge in [0.05, 0.1) is 18.2 Å². The highest BCUT2D eigenvalue weighted by atomic mass is 16.5. The van der Waals surface area contributed by atoms with Crippen LogP contribution in [0.1, 0.15) is 106 Å². The van der Waals surface area contributed by atoms with E-state index in [1.54, 1.807) is 0 Å². The molecule has 2 aliphatic rings. The highest BCUT2D eigenvalue weighted by Gasteiger charge is 2.31. The van der Waals surface area contributed by atoms with Gasteiger partial charge in [0.25, 0.3) is 0 Å². The van der Waals surface area contributed by atoms with Crippen molar-refractivity contribution in [3.05, 3.63) is 87.7 Å². The highest BCUT2D eigenvalue weighted by Crippen LogP contribution is 2.46. The molecule has 2 aromatic carbocycles. The third kappa shape index (κ3) is 7.51. The zero-order chi connectivity index (χ0) is 29.2. The molecule has 2 aromatic rings. The van der Waals surface area contributed by atoms with Crippen molar-refractivity contribution in [1.29, 1.82) is 0 Å². The lowest BCUT2D eigenvalue weighted by Crippen LogP contribution is -2.31. The van der Waals surface area contributed by atoms with Crippen molar-refractivity contribution < 1.29 is 14.3 Å². The lowest BCUT2D eigenvalue weighted by Gasteiger charge is -2.31. The van der Waals surface area contributed by atoms with Crippen molar-refractivity contribution in [2.24, 2.45) is 0 Å². The van der Waals surface area contributed by atoms with Crippen LogP contribution in [-0.2, 0) is 4.74 Å². The summed E-state index contributed by atoms with van der Waals surface area (Å²) in [5.41, 5.74) is 7.88. The summed E-state index contributed by atoms with van der Waals surface area (Å²) in [6.45, 7) is 12.8. The number of anilines is 1. The molecule has 5 nitrogen and oxygen atoms in total. The third-order valence-electron chi connectivity index (χ3n) is 7.97. The van der Waals surface area contributed by atoms with E-state index in [1.165, 1.54) is 44.1 Å². The summed E-state index contributed by atoms with van der Waals surface area (Å²) in [4.78, 5) is 13.5. The Kier molecular flexibility index (Phi) is 11.3. The molecule has 0 bridgehead atoms. The van der Waals surface area contributed by atoms with Crippen LogP contribution in [0.15, 0.2) is 65.5 Å². The van der Waals surface area contributed by atoms with Gasteiger partial charge >= 0.3 is 5.97 Å². The third-order valence-corrected chi connectivity index (χ3v) is 7.97. The van der Waals surface area contributed by atoms with Gasteiger partial charge in [-0.25, -0.2) is 4.79 Å². The number of aryl methyl sites for hydroxylation is 1. The number of carbonyl (C=O) groups excluding carboxylic acids is 1. The van der Waals surface area contributed by atoms with Crippen LogP contribution in [0.3, 0.4) is 0 Å². The molecule has 0 spiro atoms. The predicted octanol–water partition coefficient (Wildman–Crippen LogP) is 8.74. The SMILES string of the molecule is CCCCCCCCCCOC(=O)c1ccccc1C1=C2C=C(C)C(NCC)C=C2Oc2cc(NCC)c(C)cc21. The van der Waals surface area contributed by atoms with Gasteiger partial charge in [-0.3, -0.25) is 0 Å². The van der Waals surface area contributed by atoms with E-state index < -0.39 is 0 Å². The number of allylic oxidation sites excluding steroid dienone is 1. The van der Waals surface area contributed by atoms with Crippen molar-refractivity contribution in [3.63, 3.8) is 0 Å². The van der Waals surface area contributed by atoms with Crippen LogP contribution in [0.25, 0.3) is 5.57 Å². The molecular weight excluding hydrogens is 508 g/mol. The van der Waals surface area contributed by atoms with Crippen LogP contribution in [0.4, 0.5) is 5.69 Å². The number of fused-ring (bicyclic) bond motifs is 2. The van der Waals surface area contributed by atoms with Crippen molar-refractivity contribution >= 4 is 17.2 Å². The van der Waals surface area contributed by atoms with E-state index in [4.69, 9.17) is 9.47 Å². The molecule has 220 valence electrons. The average molecular weight is 557 g/mol. The zero-order valence-corrected chi connectivity index (χ0v) is 25.7. The molecule has 0 saturated carbocycles. The molecule has 1 unspecified atom stereocenters. The molecular formula is C36H48N2O3. The minimum absolute atomic E-state index is 0.104. The summed E-state index contributed by atoms with van der Waals surface area (Å²) in [7, 11) is 0. The van der Waals surface area contributed by atoms with Crippen molar-refractivity contribution in [1.82, 2.24) is 5.32 Å². The zero-order valence-electron chi connectivity index (χ0n) is 25.7. The van der Waals surface area contributed by atoms with Gasteiger partial charge in [-0.1, -0.05) is 82.6 Å². The minimum Gasteiger partial charge on any atom is -0.462 e. The van der Waals surface area contributed by atoms with Crippen LogP contribution in [-0.4, -0.2) is 31.7 Å². The number of likely N-dealkylation sites (N-methyl/N-ethyl adjacent to an activating group) is 1. The Balaban J connectivity index is 1.63. The topological polar surface area (TPSA) is 59.6 Å². The van der Waals surface area contributed by atoms with Crippen LogP contribution < -0.4 is 15.4 Å². The van der Waals surface area contributed by atoms with Crippen molar-refractivity contribution in [3.8, 4) is 5.75 Å². The first-order valence-corrected chi connectivity index (χ1v) is 15.7. The number of carbonyl (C=O) groups is 1. The number of unbranched alkanes of at least 4 members (excludes halogenated alkanes) is 7. The fourth-order valence-corrected chi connectivity index (χ4v) is 5.75. The van der Waals surface area contributed by atoms with Gasteiger partial charge in [-0.2, -0.15) is 0 Å². The molecule has 0 saturated heterocycles. The van der Waals surface area contributed by atoms with E-state index in [2.05, 4.69) is 69.5 Å². The number of benzene rings is 2. The molecule has 0 aromatic heterocycles. The Morgan fingerprint density at radius 3 is 2.37 bits per heavy atom. The van der Waals surface area contributed by atoms with E-state index in [1.807, 2.05) is 24.3 Å². The predicted molar refractivity (Wildman–Crippen MR) is 171 cm³/mol. The quantitative estimate of drug-likeness (QED) is 0.170. The molecule has 1 atom stereocenters. The Hall–Kier alpha value is -3.31. The van der Waals surface area contributed by atoms with Gasteiger partial charge in [0.15, 0.2) is 0 Å². The van der Waals surface area contributed by atoms with Gasteiger partial charge in [0.2, 0.25) is 0 Å². The highest BCUT2D eigenvalue weighted by molar-refractivity contribution is 6.01. The van der Waals surface area contributed by atoms with Gasteiger partial charge in [-0.05, 0) is 69.1 Å². The van der Waals surface area contributed by atoms with E-state index in [0.717, 1.165) is 71.0 Å². The normalized spacial score (nSPS) is 15.9. The maximum Gasteiger partial charge on any atom is 0.338 e. The molecule has 1 aliphatic carbocycles. The Morgan fingerprint density at radius 2 is 1.63 bits per heavy atom. The van der Waals surface area contributed by atoms with Gasteiger partial charge in [-0.15, -0.1) is 0 Å². The van der Waals surface area contributed by atoms with Crippen LogP contribution in [0.5, 0.6) is 5.75 Å². The van der Waals surface area contributed by atoms with E-state index >= 15 is 0 Å². The maximum absolute atomic E-state index is 13.5. The molecule has 1 aliphatic heterocycles. The Labute approximate surface area is 247 Å². The largest absolute Gasteiger partial charge is 0.462 e.